The highest BCUT2D eigenvalue weighted by Gasteiger charge is 2.12. The second-order valence-electron chi connectivity index (χ2n) is 5.69. The Morgan fingerprint density at radius 1 is 0.821 bits per heavy atom. The first-order valence-electron chi connectivity index (χ1n) is 8.54. The molecule has 8 heteroatoms. The monoisotopic (exact) mass is 386 g/mol. The van der Waals surface area contributed by atoms with Crippen molar-refractivity contribution in [1.29, 1.82) is 0 Å². The molecule has 28 heavy (non-hydrogen) atoms. The number of hydrogen-bond acceptors (Lipinski definition) is 6. The number of benzene rings is 2. The van der Waals surface area contributed by atoms with Gasteiger partial charge in [0, 0.05) is 12.1 Å². The molecule has 8 nitrogen and oxygen atoms in total. The quantitative estimate of drug-likeness (QED) is 0.642. The lowest BCUT2D eigenvalue weighted by Gasteiger charge is -2.10. The first-order chi connectivity index (χ1) is 13.5. The molecule has 2 N–H and O–H groups in total. The van der Waals surface area contributed by atoms with Gasteiger partial charge in [0.2, 0.25) is 5.91 Å². The molecule has 0 aliphatic rings. The molecule has 0 bridgehead atoms. The molecular formula is C20H22N2O6. The highest BCUT2D eigenvalue weighted by Crippen LogP contribution is 2.23. The number of ether oxygens (including phenoxy) is 3. The topological polar surface area (TPSA) is 103 Å². The van der Waals surface area contributed by atoms with Crippen LogP contribution in [0.25, 0.3) is 0 Å². The second kappa shape index (κ2) is 10.6. The zero-order valence-electron chi connectivity index (χ0n) is 15.7. The minimum atomic E-state index is -0.639. The molecule has 0 atom stereocenters. The van der Waals surface area contributed by atoms with E-state index in [1.165, 1.54) is 7.11 Å². The minimum absolute atomic E-state index is 0.0724. The molecule has 0 radical (unpaired) electrons. The number of amides is 2. The average molecular weight is 386 g/mol. The standard InChI is InChI=1S/C20H22N2O6/c1-26-15-9-7-14(8-10-15)21-19(24)13-28-20(25)12-11-18(23)22-16-5-3-4-6-17(16)27-2/h3-10H,11-13H2,1-2H3,(H,21,24)(H,22,23). The molecule has 0 heterocycles. The van der Waals surface area contributed by atoms with Crippen LogP contribution in [0.5, 0.6) is 11.5 Å². The van der Waals surface area contributed by atoms with Crippen molar-refractivity contribution in [3.63, 3.8) is 0 Å². The molecule has 2 rings (SSSR count). The first kappa shape index (κ1) is 20.8. The SMILES string of the molecule is COc1ccc(NC(=O)COC(=O)CCC(=O)Nc2ccccc2OC)cc1. The average Bonchev–Trinajstić information content (AvgIpc) is 2.71. The fourth-order valence-electron chi connectivity index (χ4n) is 2.27. The van der Waals surface area contributed by atoms with Crippen molar-refractivity contribution in [3.05, 3.63) is 48.5 Å². The molecule has 0 saturated carbocycles. The number of para-hydroxylation sites is 2. The van der Waals surface area contributed by atoms with Gasteiger partial charge < -0.3 is 24.8 Å². The van der Waals surface area contributed by atoms with E-state index in [1.807, 2.05) is 0 Å². The zero-order chi connectivity index (χ0) is 20.4. The molecule has 0 aromatic heterocycles. The van der Waals surface area contributed by atoms with Gasteiger partial charge in [0.15, 0.2) is 6.61 Å². The Kier molecular flexibility index (Phi) is 7.83. The molecule has 2 aromatic carbocycles. The van der Waals surface area contributed by atoms with E-state index in [2.05, 4.69) is 10.6 Å². The summed E-state index contributed by atoms with van der Waals surface area (Å²) in [5.41, 5.74) is 1.07. The third-order valence-corrected chi connectivity index (χ3v) is 3.68. The number of rotatable bonds is 9. The predicted molar refractivity (Wildman–Crippen MR) is 103 cm³/mol. The Hall–Kier alpha value is -3.55. The fraction of sp³-hybridized carbons (Fsp3) is 0.250. The molecule has 0 fully saturated rings. The Bertz CT molecular complexity index is 820. The summed E-state index contributed by atoms with van der Waals surface area (Å²) in [6.45, 7) is -0.432. The number of anilines is 2. The van der Waals surface area contributed by atoms with Gasteiger partial charge in [-0.3, -0.25) is 14.4 Å². The van der Waals surface area contributed by atoms with Gasteiger partial charge >= 0.3 is 5.97 Å². The summed E-state index contributed by atoms with van der Waals surface area (Å²) < 4.78 is 15.1. The van der Waals surface area contributed by atoms with Crippen LogP contribution in [0.3, 0.4) is 0 Å². The zero-order valence-corrected chi connectivity index (χ0v) is 15.7. The van der Waals surface area contributed by atoms with Crippen LogP contribution in [0, 0.1) is 0 Å². The lowest BCUT2D eigenvalue weighted by molar-refractivity contribution is -0.147. The van der Waals surface area contributed by atoms with Gasteiger partial charge in [-0.15, -0.1) is 0 Å². The maximum absolute atomic E-state index is 12.0. The fourth-order valence-corrected chi connectivity index (χ4v) is 2.27. The lowest BCUT2D eigenvalue weighted by Crippen LogP contribution is -2.21. The molecule has 2 amide bonds. The van der Waals surface area contributed by atoms with Gasteiger partial charge in [0.1, 0.15) is 11.5 Å². The minimum Gasteiger partial charge on any atom is -0.497 e. The van der Waals surface area contributed by atoms with E-state index in [9.17, 15) is 14.4 Å². The first-order valence-corrected chi connectivity index (χ1v) is 8.54. The third-order valence-electron chi connectivity index (χ3n) is 3.68. The molecule has 0 aliphatic carbocycles. The smallest absolute Gasteiger partial charge is 0.306 e. The van der Waals surface area contributed by atoms with E-state index < -0.39 is 18.5 Å². The highest BCUT2D eigenvalue weighted by atomic mass is 16.5. The summed E-state index contributed by atoms with van der Waals surface area (Å²) in [6.07, 6.45) is -0.215. The van der Waals surface area contributed by atoms with Crippen molar-refractivity contribution in [2.75, 3.05) is 31.5 Å². The van der Waals surface area contributed by atoms with Gasteiger partial charge in [-0.2, -0.15) is 0 Å². The maximum atomic E-state index is 12.0. The van der Waals surface area contributed by atoms with Crippen molar-refractivity contribution >= 4 is 29.2 Å². The van der Waals surface area contributed by atoms with Gasteiger partial charge in [-0.05, 0) is 36.4 Å². The van der Waals surface area contributed by atoms with E-state index in [0.29, 0.717) is 22.9 Å². The normalized spacial score (nSPS) is 9.93. The number of nitrogens with one attached hydrogen (secondary N) is 2. The summed E-state index contributed by atoms with van der Waals surface area (Å²) in [5, 5.41) is 5.26. The molecule has 0 spiro atoms. The van der Waals surface area contributed by atoms with Crippen LogP contribution >= 0.6 is 0 Å². The van der Waals surface area contributed by atoms with Crippen molar-refractivity contribution in [2.24, 2.45) is 0 Å². The maximum Gasteiger partial charge on any atom is 0.306 e. The molecule has 148 valence electrons. The Morgan fingerprint density at radius 2 is 1.54 bits per heavy atom. The van der Waals surface area contributed by atoms with Crippen LogP contribution in [0.1, 0.15) is 12.8 Å². The molecule has 2 aromatic rings. The van der Waals surface area contributed by atoms with Crippen molar-refractivity contribution < 1.29 is 28.6 Å². The number of carbonyl (C=O) groups is 3. The highest BCUT2D eigenvalue weighted by molar-refractivity contribution is 5.95. The van der Waals surface area contributed by atoms with Crippen LogP contribution in [-0.4, -0.2) is 38.6 Å². The van der Waals surface area contributed by atoms with Crippen molar-refractivity contribution in [1.82, 2.24) is 0 Å². The van der Waals surface area contributed by atoms with Crippen molar-refractivity contribution in [2.45, 2.75) is 12.8 Å². The van der Waals surface area contributed by atoms with Gasteiger partial charge in [-0.1, -0.05) is 12.1 Å². The third kappa shape index (κ3) is 6.64. The number of esters is 1. The van der Waals surface area contributed by atoms with E-state index in [4.69, 9.17) is 14.2 Å². The van der Waals surface area contributed by atoms with E-state index in [-0.39, 0.29) is 18.7 Å². The summed E-state index contributed by atoms with van der Waals surface area (Å²) >= 11 is 0. The number of hydrogen-bond donors (Lipinski definition) is 2. The van der Waals surface area contributed by atoms with Gasteiger partial charge in [0.05, 0.1) is 26.3 Å². The van der Waals surface area contributed by atoms with Crippen LogP contribution in [0.2, 0.25) is 0 Å². The predicted octanol–water partition coefficient (Wildman–Crippen LogP) is 2.60. The Balaban J connectivity index is 1.70. The number of carbonyl (C=O) groups excluding carboxylic acids is 3. The summed E-state index contributed by atoms with van der Waals surface area (Å²) in [5.74, 6) is -0.286. The van der Waals surface area contributed by atoms with Crippen LogP contribution in [0.15, 0.2) is 48.5 Å². The van der Waals surface area contributed by atoms with Gasteiger partial charge in [0.25, 0.3) is 5.91 Å². The van der Waals surface area contributed by atoms with E-state index in [1.54, 1.807) is 55.6 Å². The largest absolute Gasteiger partial charge is 0.497 e. The van der Waals surface area contributed by atoms with E-state index >= 15 is 0 Å². The van der Waals surface area contributed by atoms with E-state index in [0.717, 1.165) is 0 Å². The van der Waals surface area contributed by atoms with Crippen LogP contribution in [-0.2, 0) is 19.1 Å². The van der Waals surface area contributed by atoms with Crippen molar-refractivity contribution in [3.8, 4) is 11.5 Å². The molecule has 0 aliphatic heterocycles. The van der Waals surface area contributed by atoms with Gasteiger partial charge in [-0.25, -0.2) is 0 Å². The Labute approximate surface area is 162 Å². The van der Waals surface area contributed by atoms with Crippen LogP contribution in [0.4, 0.5) is 11.4 Å². The molecule has 0 saturated heterocycles. The molecule has 0 unspecified atom stereocenters. The Morgan fingerprint density at radius 3 is 2.21 bits per heavy atom. The number of methoxy groups -OCH3 is 2. The summed E-state index contributed by atoms with van der Waals surface area (Å²) in [6, 6.07) is 13.7. The summed E-state index contributed by atoms with van der Waals surface area (Å²) in [7, 11) is 3.04. The van der Waals surface area contributed by atoms with Crippen LogP contribution < -0.4 is 20.1 Å². The second-order valence-corrected chi connectivity index (χ2v) is 5.69. The lowest BCUT2D eigenvalue weighted by atomic mass is 10.2. The summed E-state index contributed by atoms with van der Waals surface area (Å²) in [4.78, 5) is 35.5. The molecular weight excluding hydrogens is 364 g/mol.